The summed E-state index contributed by atoms with van der Waals surface area (Å²) in [6.45, 7) is 2.67. The van der Waals surface area contributed by atoms with E-state index < -0.39 is 0 Å². The van der Waals surface area contributed by atoms with Gasteiger partial charge in [-0.15, -0.1) is 34.2 Å². The topological polar surface area (TPSA) is 58.3 Å². The fourth-order valence-electron chi connectivity index (χ4n) is 3.51. The summed E-state index contributed by atoms with van der Waals surface area (Å²) in [6.07, 6.45) is 4.54. The maximum Gasteiger partial charge on any atom is 0.198 e. The van der Waals surface area contributed by atoms with Gasteiger partial charge in [-0.3, -0.25) is 4.99 Å². The summed E-state index contributed by atoms with van der Waals surface area (Å²) >= 11 is 0. The maximum absolute atomic E-state index is 4.45. The summed E-state index contributed by atoms with van der Waals surface area (Å²) in [5.74, 6) is 3.03. The first-order chi connectivity index (χ1) is 11.4. The minimum Gasteiger partial charge on any atom is -0.349 e. The summed E-state index contributed by atoms with van der Waals surface area (Å²) in [4.78, 5) is 6.71. The number of fused-ring (bicyclic) bond motifs is 2. The van der Waals surface area contributed by atoms with Crippen molar-refractivity contribution in [2.45, 2.75) is 38.8 Å². The van der Waals surface area contributed by atoms with Crippen molar-refractivity contribution in [2.24, 2.45) is 4.99 Å². The Hall–Kier alpha value is -1.64. The predicted octanol–water partition coefficient (Wildman–Crippen LogP) is 2.37. The predicted molar refractivity (Wildman–Crippen MR) is 106 cm³/mol. The van der Waals surface area contributed by atoms with Crippen molar-refractivity contribution < 1.29 is 0 Å². The number of aliphatic imine (C=N–C) groups is 1. The maximum atomic E-state index is 4.45. The Morgan fingerprint density at radius 1 is 1.17 bits per heavy atom. The monoisotopic (exact) mass is 438 g/mol. The zero-order valence-electron chi connectivity index (χ0n) is 13.9. The van der Waals surface area contributed by atoms with Gasteiger partial charge in [0, 0.05) is 32.2 Å². The standard InChI is InChI=1S/C17H22N6.HI/c1-18-17(22-11-9-13-6-2-3-7-14(13)22)19-12-16-21-20-15-8-4-5-10-23(15)16;/h2-3,6-7H,4-5,8-12H2,1H3,(H,18,19);1H. The van der Waals surface area contributed by atoms with Crippen LogP contribution in [0.5, 0.6) is 0 Å². The van der Waals surface area contributed by atoms with Crippen molar-refractivity contribution in [1.29, 1.82) is 0 Å². The Bertz CT molecular complexity index is 738. The Morgan fingerprint density at radius 2 is 2.04 bits per heavy atom. The van der Waals surface area contributed by atoms with E-state index in [2.05, 4.69) is 54.2 Å². The largest absolute Gasteiger partial charge is 0.349 e. The van der Waals surface area contributed by atoms with Crippen molar-refractivity contribution in [3.05, 3.63) is 41.5 Å². The minimum absolute atomic E-state index is 0. The molecule has 0 amide bonds. The molecular formula is C17H23IN6. The number of para-hydroxylation sites is 1. The average Bonchev–Trinajstić information content (AvgIpc) is 3.20. The van der Waals surface area contributed by atoms with Gasteiger partial charge in [-0.05, 0) is 30.9 Å². The molecule has 0 fully saturated rings. The van der Waals surface area contributed by atoms with Gasteiger partial charge in [-0.2, -0.15) is 0 Å². The van der Waals surface area contributed by atoms with Crippen molar-refractivity contribution in [1.82, 2.24) is 20.1 Å². The molecule has 2 aliphatic rings. The molecule has 4 rings (SSSR count). The summed E-state index contributed by atoms with van der Waals surface area (Å²) in [7, 11) is 1.84. The lowest BCUT2D eigenvalue weighted by atomic mass is 10.2. The average molecular weight is 438 g/mol. The SMILES string of the molecule is CN=C(NCc1nnc2n1CCCC2)N1CCc2ccccc21.I. The number of hydrogen-bond acceptors (Lipinski definition) is 3. The molecule has 0 aliphatic carbocycles. The van der Waals surface area contributed by atoms with Crippen molar-refractivity contribution in [2.75, 3.05) is 18.5 Å². The van der Waals surface area contributed by atoms with Gasteiger partial charge in [0.15, 0.2) is 11.8 Å². The molecule has 0 saturated heterocycles. The van der Waals surface area contributed by atoms with Crippen LogP contribution in [-0.2, 0) is 25.9 Å². The molecule has 128 valence electrons. The molecule has 0 unspecified atom stereocenters. The Balaban J connectivity index is 0.00000169. The number of anilines is 1. The molecule has 24 heavy (non-hydrogen) atoms. The number of halogens is 1. The third kappa shape index (κ3) is 3.13. The molecule has 2 aromatic rings. The zero-order chi connectivity index (χ0) is 15.6. The van der Waals surface area contributed by atoms with Crippen LogP contribution in [0, 0.1) is 0 Å². The molecular weight excluding hydrogens is 415 g/mol. The van der Waals surface area contributed by atoms with E-state index in [1.165, 1.54) is 24.1 Å². The number of aryl methyl sites for hydroxylation is 1. The minimum atomic E-state index is 0. The van der Waals surface area contributed by atoms with Crippen molar-refractivity contribution >= 4 is 35.6 Å². The van der Waals surface area contributed by atoms with Crippen molar-refractivity contribution in [3.63, 3.8) is 0 Å². The van der Waals surface area contributed by atoms with Gasteiger partial charge in [0.1, 0.15) is 5.82 Å². The lowest BCUT2D eigenvalue weighted by Crippen LogP contribution is -2.40. The number of guanidine groups is 1. The van der Waals surface area contributed by atoms with Gasteiger partial charge < -0.3 is 14.8 Å². The van der Waals surface area contributed by atoms with E-state index in [4.69, 9.17) is 0 Å². The molecule has 0 radical (unpaired) electrons. The van der Waals surface area contributed by atoms with Crippen molar-refractivity contribution in [3.8, 4) is 0 Å². The molecule has 2 aliphatic heterocycles. The lowest BCUT2D eigenvalue weighted by molar-refractivity contribution is 0.505. The molecule has 0 saturated carbocycles. The zero-order valence-corrected chi connectivity index (χ0v) is 16.2. The fourth-order valence-corrected chi connectivity index (χ4v) is 3.51. The Labute approximate surface area is 159 Å². The summed E-state index contributed by atoms with van der Waals surface area (Å²) in [5, 5.41) is 12.1. The van der Waals surface area contributed by atoms with Crippen LogP contribution in [0.15, 0.2) is 29.3 Å². The van der Waals surface area contributed by atoms with Crippen LogP contribution in [0.4, 0.5) is 5.69 Å². The van der Waals surface area contributed by atoms with E-state index in [1.54, 1.807) is 0 Å². The normalized spacial score (nSPS) is 16.4. The van der Waals surface area contributed by atoms with E-state index in [-0.39, 0.29) is 24.0 Å². The first-order valence-corrected chi connectivity index (χ1v) is 8.34. The molecule has 0 bridgehead atoms. The van der Waals surface area contributed by atoms with Crippen LogP contribution in [0.2, 0.25) is 0 Å². The third-order valence-electron chi connectivity index (χ3n) is 4.70. The molecule has 6 nitrogen and oxygen atoms in total. The van der Waals surface area contributed by atoms with Crippen LogP contribution in [0.3, 0.4) is 0 Å². The van der Waals surface area contributed by atoms with Gasteiger partial charge >= 0.3 is 0 Å². The fraction of sp³-hybridized carbons (Fsp3) is 0.471. The molecule has 0 atom stereocenters. The highest BCUT2D eigenvalue weighted by Gasteiger charge is 2.23. The number of nitrogens with one attached hydrogen (secondary N) is 1. The van der Waals surface area contributed by atoms with E-state index in [0.717, 1.165) is 43.5 Å². The second kappa shape index (κ2) is 7.50. The molecule has 1 aromatic carbocycles. The number of hydrogen-bond donors (Lipinski definition) is 1. The first kappa shape index (κ1) is 17.2. The number of rotatable bonds is 2. The molecule has 0 spiro atoms. The van der Waals surface area contributed by atoms with E-state index in [9.17, 15) is 0 Å². The molecule has 7 heteroatoms. The van der Waals surface area contributed by atoms with Gasteiger partial charge in [0.25, 0.3) is 0 Å². The van der Waals surface area contributed by atoms with E-state index in [0.29, 0.717) is 6.54 Å². The highest BCUT2D eigenvalue weighted by molar-refractivity contribution is 14.0. The summed E-state index contributed by atoms with van der Waals surface area (Å²) < 4.78 is 2.25. The summed E-state index contributed by atoms with van der Waals surface area (Å²) in [5.41, 5.74) is 2.64. The third-order valence-corrected chi connectivity index (χ3v) is 4.70. The van der Waals surface area contributed by atoms with Crippen LogP contribution in [0.25, 0.3) is 0 Å². The van der Waals surface area contributed by atoms with Crippen LogP contribution >= 0.6 is 24.0 Å². The quantitative estimate of drug-likeness (QED) is 0.445. The van der Waals surface area contributed by atoms with Crippen LogP contribution in [-0.4, -0.2) is 34.3 Å². The van der Waals surface area contributed by atoms with Gasteiger partial charge in [-0.1, -0.05) is 18.2 Å². The van der Waals surface area contributed by atoms with E-state index in [1.807, 2.05) is 7.05 Å². The smallest absolute Gasteiger partial charge is 0.198 e. The molecule has 1 aromatic heterocycles. The highest BCUT2D eigenvalue weighted by atomic mass is 127. The van der Waals surface area contributed by atoms with Gasteiger partial charge in [0.05, 0.1) is 6.54 Å². The van der Waals surface area contributed by atoms with Crippen LogP contribution < -0.4 is 10.2 Å². The summed E-state index contributed by atoms with van der Waals surface area (Å²) in [6, 6.07) is 8.53. The Morgan fingerprint density at radius 3 is 2.92 bits per heavy atom. The number of benzene rings is 1. The van der Waals surface area contributed by atoms with Gasteiger partial charge in [-0.25, -0.2) is 0 Å². The highest BCUT2D eigenvalue weighted by Crippen LogP contribution is 2.27. The lowest BCUT2D eigenvalue weighted by Gasteiger charge is -2.22. The van der Waals surface area contributed by atoms with E-state index >= 15 is 0 Å². The first-order valence-electron chi connectivity index (χ1n) is 8.34. The second-order valence-corrected chi connectivity index (χ2v) is 6.07. The van der Waals surface area contributed by atoms with Gasteiger partial charge in [0.2, 0.25) is 0 Å². The second-order valence-electron chi connectivity index (χ2n) is 6.07. The molecule has 3 heterocycles. The molecule has 1 N–H and O–H groups in total. The number of nitrogens with zero attached hydrogens (tertiary/aromatic N) is 5. The van der Waals surface area contributed by atoms with Crippen LogP contribution in [0.1, 0.15) is 30.1 Å². The Kier molecular flexibility index (Phi) is 5.37. The number of aromatic nitrogens is 3.